The maximum atomic E-state index is 13.1. The second-order valence-electron chi connectivity index (χ2n) is 3.23. The van der Waals surface area contributed by atoms with Crippen molar-refractivity contribution in [3.05, 3.63) is 45.2 Å². The van der Waals surface area contributed by atoms with Crippen molar-refractivity contribution in [3.63, 3.8) is 0 Å². The largest absolute Gasteiger partial charge is 0.437 e. The second-order valence-corrected chi connectivity index (χ2v) is 4.94. The molecular weight excluding hydrogens is 355 g/mol. The number of hydrogen-bond donors (Lipinski definition) is 1. The van der Waals surface area contributed by atoms with E-state index < -0.39 is 0 Å². The summed E-state index contributed by atoms with van der Waals surface area (Å²) in [5.74, 6) is 0.295. The van der Waals surface area contributed by atoms with Crippen LogP contribution in [0.4, 0.5) is 10.1 Å². The molecule has 0 aliphatic carbocycles. The van der Waals surface area contributed by atoms with Gasteiger partial charge in [-0.1, -0.05) is 0 Å². The Morgan fingerprint density at radius 1 is 1.18 bits per heavy atom. The number of nitrogen functional groups attached to an aromatic ring is 1. The lowest BCUT2D eigenvalue weighted by molar-refractivity contribution is 0.452. The zero-order chi connectivity index (χ0) is 12.4. The van der Waals surface area contributed by atoms with Gasteiger partial charge in [-0.15, -0.1) is 0 Å². The number of halogens is 3. The number of rotatable bonds is 2. The summed E-state index contributed by atoms with van der Waals surface area (Å²) in [6, 6.07) is 5.84. The third kappa shape index (κ3) is 2.95. The molecule has 0 unspecified atom stereocenters. The van der Waals surface area contributed by atoms with Crippen LogP contribution in [0.1, 0.15) is 0 Å². The van der Waals surface area contributed by atoms with Gasteiger partial charge in [0.1, 0.15) is 11.6 Å². The van der Waals surface area contributed by atoms with Crippen LogP contribution in [0.5, 0.6) is 11.6 Å². The van der Waals surface area contributed by atoms with Crippen LogP contribution in [0.3, 0.4) is 0 Å². The van der Waals surface area contributed by atoms with Gasteiger partial charge in [0, 0.05) is 6.07 Å². The van der Waals surface area contributed by atoms with Gasteiger partial charge < -0.3 is 10.5 Å². The van der Waals surface area contributed by atoms with Crippen molar-refractivity contribution in [3.8, 4) is 11.6 Å². The van der Waals surface area contributed by atoms with E-state index in [1.54, 1.807) is 12.1 Å². The standard InChI is InChI=1S/C11H7Br2FN2O/c12-8-2-1-6(14)3-10(8)17-11-9(13)4-7(15)5-16-11/h1-5H,15H2. The van der Waals surface area contributed by atoms with Gasteiger partial charge in [0.2, 0.25) is 5.88 Å². The molecule has 0 radical (unpaired) electrons. The first-order valence-corrected chi connectivity index (χ1v) is 6.19. The van der Waals surface area contributed by atoms with Crippen molar-refractivity contribution in [1.29, 1.82) is 0 Å². The van der Waals surface area contributed by atoms with Crippen LogP contribution < -0.4 is 10.5 Å². The third-order valence-corrected chi connectivity index (χ3v) is 3.15. The van der Waals surface area contributed by atoms with Gasteiger partial charge in [0.05, 0.1) is 20.8 Å². The van der Waals surface area contributed by atoms with Crippen molar-refractivity contribution in [2.24, 2.45) is 0 Å². The first-order chi connectivity index (χ1) is 8.06. The minimum Gasteiger partial charge on any atom is -0.437 e. The molecule has 0 aliphatic rings. The molecule has 1 aromatic heterocycles. The number of hydrogen-bond acceptors (Lipinski definition) is 3. The average Bonchev–Trinajstić information content (AvgIpc) is 2.27. The fourth-order valence-corrected chi connectivity index (χ4v) is 1.95. The van der Waals surface area contributed by atoms with Crippen LogP contribution >= 0.6 is 31.9 Å². The molecule has 88 valence electrons. The van der Waals surface area contributed by atoms with Gasteiger partial charge in [-0.25, -0.2) is 9.37 Å². The molecule has 0 saturated heterocycles. The van der Waals surface area contributed by atoms with E-state index in [9.17, 15) is 4.39 Å². The summed E-state index contributed by atoms with van der Waals surface area (Å²) in [4.78, 5) is 4.01. The first kappa shape index (κ1) is 12.3. The maximum Gasteiger partial charge on any atom is 0.233 e. The Labute approximate surface area is 114 Å². The minimum absolute atomic E-state index is 0.325. The maximum absolute atomic E-state index is 13.1. The van der Waals surface area contributed by atoms with E-state index in [1.165, 1.54) is 18.3 Å². The monoisotopic (exact) mass is 360 g/mol. The lowest BCUT2D eigenvalue weighted by Crippen LogP contribution is -1.93. The number of nitrogens with two attached hydrogens (primary N) is 1. The van der Waals surface area contributed by atoms with Crippen molar-refractivity contribution in [2.45, 2.75) is 0 Å². The zero-order valence-electron chi connectivity index (χ0n) is 8.45. The van der Waals surface area contributed by atoms with E-state index in [4.69, 9.17) is 10.5 Å². The molecule has 0 amide bonds. The Kier molecular flexibility index (Phi) is 3.63. The van der Waals surface area contributed by atoms with Gasteiger partial charge in [0.15, 0.2) is 0 Å². The van der Waals surface area contributed by atoms with Crippen LogP contribution in [-0.2, 0) is 0 Å². The summed E-state index contributed by atoms with van der Waals surface area (Å²) >= 11 is 6.54. The molecule has 0 spiro atoms. The molecule has 2 aromatic rings. The molecule has 1 aromatic carbocycles. The normalized spacial score (nSPS) is 10.3. The smallest absolute Gasteiger partial charge is 0.233 e. The molecular formula is C11H7Br2FN2O. The molecule has 17 heavy (non-hydrogen) atoms. The summed E-state index contributed by atoms with van der Waals surface area (Å²) < 4.78 is 19.8. The number of anilines is 1. The van der Waals surface area contributed by atoms with E-state index in [2.05, 4.69) is 36.8 Å². The molecule has 1 heterocycles. The summed E-state index contributed by atoms with van der Waals surface area (Å²) in [6.07, 6.45) is 1.47. The molecule has 0 bridgehead atoms. The fourth-order valence-electron chi connectivity index (χ4n) is 1.17. The molecule has 0 atom stereocenters. The van der Waals surface area contributed by atoms with Gasteiger partial charge in [-0.05, 0) is 50.1 Å². The average molecular weight is 362 g/mol. The predicted octanol–water partition coefficient (Wildman–Crippen LogP) is 4.12. The van der Waals surface area contributed by atoms with Gasteiger partial charge >= 0.3 is 0 Å². The Morgan fingerprint density at radius 3 is 2.65 bits per heavy atom. The molecule has 0 saturated carbocycles. The van der Waals surface area contributed by atoms with Crippen molar-refractivity contribution >= 4 is 37.5 Å². The molecule has 6 heteroatoms. The number of aromatic nitrogens is 1. The molecule has 2 rings (SSSR count). The minimum atomic E-state index is -0.380. The highest BCUT2D eigenvalue weighted by atomic mass is 79.9. The third-order valence-electron chi connectivity index (χ3n) is 1.93. The quantitative estimate of drug-likeness (QED) is 0.875. The summed E-state index contributed by atoms with van der Waals surface area (Å²) in [7, 11) is 0. The van der Waals surface area contributed by atoms with E-state index in [-0.39, 0.29) is 5.82 Å². The highest BCUT2D eigenvalue weighted by Gasteiger charge is 2.08. The van der Waals surface area contributed by atoms with Gasteiger partial charge in [-0.2, -0.15) is 0 Å². The second kappa shape index (κ2) is 5.01. The lowest BCUT2D eigenvalue weighted by atomic mass is 10.3. The van der Waals surface area contributed by atoms with E-state index in [0.717, 1.165) is 0 Å². The van der Waals surface area contributed by atoms with Crippen LogP contribution in [0.2, 0.25) is 0 Å². The summed E-state index contributed by atoms with van der Waals surface area (Å²) in [6.45, 7) is 0. The lowest BCUT2D eigenvalue weighted by Gasteiger charge is -2.08. The number of benzene rings is 1. The Balaban J connectivity index is 2.34. The van der Waals surface area contributed by atoms with Crippen LogP contribution in [-0.4, -0.2) is 4.98 Å². The topological polar surface area (TPSA) is 48.1 Å². The molecule has 0 fully saturated rings. The Bertz CT molecular complexity index is 563. The zero-order valence-corrected chi connectivity index (χ0v) is 11.6. The van der Waals surface area contributed by atoms with Crippen LogP contribution in [0, 0.1) is 5.82 Å². The van der Waals surface area contributed by atoms with Gasteiger partial charge in [-0.3, -0.25) is 0 Å². The van der Waals surface area contributed by atoms with E-state index >= 15 is 0 Å². The fraction of sp³-hybridized carbons (Fsp3) is 0. The van der Waals surface area contributed by atoms with Crippen molar-refractivity contribution < 1.29 is 9.13 Å². The number of ether oxygens (including phenoxy) is 1. The van der Waals surface area contributed by atoms with E-state index in [1.807, 2.05) is 0 Å². The Hall–Kier alpha value is -1.14. The summed E-state index contributed by atoms with van der Waals surface area (Å²) in [5.41, 5.74) is 6.07. The molecule has 0 aliphatic heterocycles. The Morgan fingerprint density at radius 2 is 1.94 bits per heavy atom. The number of pyridine rings is 1. The van der Waals surface area contributed by atoms with Crippen molar-refractivity contribution in [1.82, 2.24) is 4.98 Å². The SMILES string of the molecule is Nc1cnc(Oc2cc(F)ccc2Br)c(Br)c1. The highest BCUT2D eigenvalue weighted by Crippen LogP contribution is 2.33. The summed E-state index contributed by atoms with van der Waals surface area (Å²) in [5, 5.41) is 0. The first-order valence-electron chi connectivity index (χ1n) is 4.60. The van der Waals surface area contributed by atoms with E-state index in [0.29, 0.717) is 26.3 Å². The van der Waals surface area contributed by atoms with Crippen LogP contribution in [0.15, 0.2) is 39.4 Å². The highest BCUT2D eigenvalue weighted by molar-refractivity contribution is 9.11. The number of nitrogens with zero attached hydrogens (tertiary/aromatic N) is 1. The predicted molar refractivity (Wildman–Crippen MR) is 70.5 cm³/mol. The molecule has 3 nitrogen and oxygen atoms in total. The van der Waals surface area contributed by atoms with Gasteiger partial charge in [0.25, 0.3) is 0 Å². The van der Waals surface area contributed by atoms with Crippen molar-refractivity contribution in [2.75, 3.05) is 5.73 Å². The molecule has 2 N–H and O–H groups in total. The van der Waals surface area contributed by atoms with Crippen LogP contribution in [0.25, 0.3) is 0 Å².